The first-order chi connectivity index (χ1) is 21.9. The van der Waals surface area contributed by atoms with Crippen LogP contribution in [0.1, 0.15) is 44.6 Å². The minimum atomic E-state index is -0.354. The number of thiophene rings is 1. The van der Waals surface area contributed by atoms with Crippen molar-refractivity contribution in [1.82, 2.24) is 25.1 Å². The van der Waals surface area contributed by atoms with Crippen LogP contribution in [-0.2, 0) is 11.3 Å². The van der Waals surface area contributed by atoms with E-state index in [0.29, 0.717) is 28.7 Å². The second-order valence-electron chi connectivity index (χ2n) is 10.3. The molecule has 1 aliphatic rings. The number of aryl methyl sites for hydroxylation is 1. The molecule has 45 heavy (non-hydrogen) atoms. The Morgan fingerprint density at radius 2 is 1.87 bits per heavy atom. The fraction of sp³-hybridized carbons (Fsp3) is 0.182. The number of carbonyl (C=O) groups excluding carboxylic acids is 2. The van der Waals surface area contributed by atoms with E-state index in [1.54, 1.807) is 54.8 Å². The maximum absolute atomic E-state index is 13.7. The van der Waals surface area contributed by atoms with Crippen molar-refractivity contribution in [3.63, 3.8) is 0 Å². The fourth-order valence-corrected chi connectivity index (χ4v) is 6.57. The topological polar surface area (TPSA) is 102 Å². The number of benzene rings is 3. The normalized spacial score (nSPS) is 14.3. The van der Waals surface area contributed by atoms with Gasteiger partial charge in [0.15, 0.2) is 11.0 Å². The highest BCUT2D eigenvalue weighted by molar-refractivity contribution is 7.99. The number of methoxy groups -OCH3 is 1. The molecule has 0 bridgehead atoms. The Morgan fingerprint density at radius 3 is 2.62 bits per heavy atom. The van der Waals surface area contributed by atoms with Crippen LogP contribution in [0.3, 0.4) is 0 Å². The van der Waals surface area contributed by atoms with Crippen molar-refractivity contribution in [2.45, 2.75) is 31.1 Å². The molecule has 1 atom stereocenters. The molecule has 0 aliphatic carbocycles. The SMILES string of the molecule is COc1cccc(C(=O)NCc2nnc(SCC(=O)N3N=C(c4cccs4)CC3c3ccc(F)cc3)n2-c2cccc(C)c2)c1. The second kappa shape index (κ2) is 13.4. The first-order valence-electron chi connectivity index (χ1n) is 14.1. The summed E-state index contributed by atoms with van der Waals surface area (Å²) in [5.74, 6) is 0.301. The van der Waals surface area contributed by atoms with Crippen molar-refractivity contribution in [3.05, 3.63) is 124 Å². The van der Waals surface area contributed by atoms with Crippen LogP contribution in [0.25, 0.3) is 5.69 Å². The first-order valence-corrected chi connectivity index (χ1v) is 16.0. The molecular weight excluding hydrogens is 612 g/mol. The van der Waals surface area contributed by atoms with E-state index < -0.39 is 0 Å². The predicted octanol–water partition coefficient (Wildman–Crippen LogP) is 6.18. The van der Waals surface area contributed by atoms with Crippen molar-refractivity contribution in [3.8, 4) is 11.4 Å². The zero-order valence-electron chi connectivity index (χ0n) is 24.5. The predicted molar refractivity (Wildman–Crippen MR) is 172 cm³/mol. The van der Waals surface area contributed by atoms with Gasteiger partial charge in [-0.2, -0.15) is 5.10 Å². The number of amides is 2. The number of ether oxygens (including phenoxy) is 1. The molecule has 3 heterocycles. The summed E-state index contributed by atoms with van der Waals surface area (Å²) in [7, 11) is 1.55. The largest absolute Gasteiger partial charge is 0.497 e. The number of nitrogens with zero attached hydrogens (tertiary/aromatic N) is 5. The van der Waals surface area contributed by atoms with Crippen LogP contribution < -0.4 is 10.1 Å². The molecular formula is C33H29FN6O3S2. The fourth-order valence-electron chi connectivity index (χ4n) is 5.03. The zero-order chi connectivity index (χ0) is 31.3. The van der Waals surface area contributed by atoms with E-state index in [2.05, 4.69) is 15.5 Å². The van der Waals surface area contributed by atoms with Crippen LogP contribution in [0.5, 0.6) is 5.75 Å². The van der Waals surface area contributed by atoms with E-state index in [1.165, 1.54) is 28.9 Å². The highest BCUT2D eigenvalue weighted by Gasteiger charge is 2.33. The summed E-state index contributed by atoms with van der Waals surface area (Å²) in [4.78, 5) is 27.6. The van der Waals surface area contributed by atoms with Gasteiger partial charge in [0.05, 0.1) is 36.0 Å². The summed E-state index contributed by atoms with van der Waals surface area (Å²) in [5, 5.41) is 20.4. The van der Waals surface area contributed by atoms with Crippen molar-refractivity contribution in [2.24, 2.45) is 5.10 Å². The lowest BCUT2D eigenvalue weighted by atomic mass is 10.0. The van der Waals surface area contributed by atoms with Crippen molar-refractivity contribution in [1.29, 1.82) is 0 Å². The third kappa shape index (κ3) is 6.81. The van der Waals surface area contributed by atoms with Crippen LogP contribution in [-0.4, -0.2) is 50.2 Å². The minimum Gasteiger partial charge on any atom is -0.497 e. The number of carbonyl (C=O) groups is 2. The number of thioether (sulfide) groups is 1. The summed E-state index contributed by atoms with van der Waals surface area (Å²) in [6.07, 6.45) is 0.527. The Labute approximate surface area is 267 Å². The van der Waals surface area contributed by atoms with Gasteiger partial charge in [-0.1, -0.05) is 48.2 Å². The minimum absolute atomic E-state index is 0.0407. The number of hydrazone groups is 1. The molecule has 0 spiro atoms. The average Bonchev–Trinajstić information content (AvgIpc) is 3.83. The van der Waals surface area contributed by atoms with Gasteiger partial charge in [-0.25, -0.2) is 9.40 Å². The Balaban J connectivity index is 1.23. The summed E-state index contributed by atoms with van der Waals surface area (Å²) in [5.41, 5.74) is 3.93. The zero-order valence-corrected chi connectivity index (χ0v) is 26.1. The molecule has 0 saturated carbocycles. The highest BCUT2D eigenvalue weighted by Crippen LogP contribution is 2.35. The molecule has 0 saturated heterocycles. The standard InChI is InChI=1S/C33H29FN6O3S2/c1-21-6-3-8-25(16-21)39-30(19-35-32(42)23-7-4-9-26(17-23)43-2)36-37-33(39)45-20-31(41)40-28(22-11-13-24(34)14-12-22)18-27(38-40)29-10-5-15-44-29/h3-17,28H,18-20H2,1-2H3,(H,35,42). The Kier molecular flexibility index (Phi) is 9.03. The summed E-state index contributed by atoms with van der Waals surface area (Å²) in [6.45, 7) is 2.10. The number of aromatic nitrogens is 3. The molecule has 228 valence electrons. The van der Waals surface area contributed by atoms with E-state index in [4.69, 9.17) is 9.84 Å². The van der Waals surface area contributed by atoms with Gasteiger partial charge in [0.2, 0.25) is 0 Å². The smallest absolute Gasteiger partial charge is 0.253 e. The highest BCUT2D eigenvalue weighted by atomic mass is 32.2. The average molecular weight is 641 g/mol. The van der Waals surface area contributed by atoms with E-state index in [-0.39, 0.29) is 36.0 Å². The molecule has 9 nitrogen and oxygen atoms in total. The lowest BCUT2D eigenvalue weighted by molar-refractivity contribution is -0.130. The van der Waals surface area contributed by atoms with Gasteiger partial charge < -0.3 is 10.1 Å². The van der Waals surface area contributed by atoms with Gasteiger partial charge in [0, 0.05) is 17.7 Å². The van der Waals surface area contributed by atoms with Crippen LogP contribution in [0.4, 0.5) is 4.39 Å². The van der Waals surface area contributed by atoms with Crippen LogP contribution >= 0.6 is 23.1 Å². The van der Waals surface area contributed by atoms with Crippen LogP contribution in [0.15, 0.2) is 101 Å². The molecule has 1 aliphatic heterocycles. The third-order valence-corrected chi connectivity index (χ3v) is 9.08. The molecule has 2 amide bonds. The van der Waals surface area contributed by atoms with E-state index >= 15 is 0 Å². The molecule has 0 radical (unpaired) electrons. The molecule has 0 fully saturated rings. The van der Waals surface area contributed by atoms with Crippen molar-refractivity contribution < 1.29 is 18.7 Å². The number of hydrogen-bond acceptors (Lipinski definition) is 8. The molecule has 12 heteroatoms. The summed E-state index contributed by atoms with van der Waals surface area (Å²) < 4.78 is 20.8. The maximum Gasteiger partial charge on any atom is 0.253 e. The molecule has 1 N–H and O–H groups in total. The molecule has 1 unspecified atom stereocenters. The Hall–Kier alpha value is -4.81. The van der Waals surface area contributed by atoms with Gasteiger partial charge in [-0.15, -0.1) is 21.5 Å². The van der Waals surface area contributed by atoms with E-state index in [1.807, 2.05) is 53.3 Å². The van der Waals surface area contributed by atoms with Gasteiger partial charge in [0.1, 0.15) is 11.6 Å². The molecule has 5 aromatic rings. The molecule has 2 aromatic heterocycles. The van der Waals surface area contributed by atoms with Gasteiger partial charge in [-0.05, 0) is 72.0 Å². The lowest BCUT2D eigenvalue weighted by Crippen LogP contribution is -2.28. The first kappa shape index (κ1) is 30.2. The Morgan fingerprint density at radius 1 is 1.04 bits per heavy atom. The van der Waals surface area contributed by atoms with E-state index in [9.17, 15) is 14.0 Å². The second-order valence-corrected chi connectivity index (χ2v) is 12.2. The third-order valence-electron chi connectivity index (χ3n) is 7.25. The maximum atomic E-state index is 13.7. The number of hydrogen-bond donors (Lipinski definition) is 1. The number of nitrogens with one attached hydrogen (secondary N) is 1. The van der Waals surface area contributed by atoms with Gasteiger partial charge in [0.25, 0.3) is 11.8 Å². The summed E-state index contributed by atoms with van der Waals surface area (Å²) >= 11 is 2.80. The van der Waals surface area contributed by atoms with Crippen molar-refractivity contribution >= 4 is 40.6 Å². The van der Waals surface area contributed by atoms with Gasteiger partial charge in [-0.3, -0.25) is 14.2 Å². The molecule has 6 rings (SSSR count). The van der Waals surface area contributed by atoms with Crippen LogP contribution in [0, 0.1) is 12.7 Å². The van der Waals surface area contributed by atoms with Gasteiger partial charge >= 0.3 is 0 Å². The number of halogens is 1. The monoisotopic (exact) mass is 640 g/mol. The lowest BCUT2D eigenvalue weighted by Gasteiger charge is -2.22. The molecule has 3 aromatic carbocycles. The van der Waals surface area contributed by atoms with Crippen molar-refractivity contribution in [2.75, 3.05) is 12.9 Å². The summed E-state index contributed by atoms with van der Waals surface area (Å²) in [6, 6.07) is 24.5. The number of rotatable bonds is 10. The van der Waals surface area contributed by atoms with Crippen LogP contribution in [0.2, 0.25) is 0 Å². The van der Waals surface area contributed by atoms with E-state index in [0.717, 1.165) is 27.4 Å². The Bertz CT molecular complexity index is 1860. The quantitative estimate of drug-likeness (QED) is 0.183.